The number of nitrogens with zero attached hydrogens (tertiary/aromatic N) is 3. The molecule has 6 heteroatoms. The molecule has 1 saturated heterocycles. The molecule has 0 bridgehead atoms. The highest BCUT2D eigenvalue weighted by atomic mass is 16.5. The van der Waals surface area contributed by atoms with E-state index in [9.17, 15) is 4.79 Å². The first-order chi connectivity index (χ1) is 16.7. The molecule has 0 saturated carbocycles. The van der Waals surface area contributed by atoms with Gasteiger partial charge >= 0.3 is 0 Å². The number of ether oxygens (including phenoxy) is 2. The van der Waals surface area contributed by atoms with Crippen LogP contribution in [-0.2, 0) is 13.2 Å². The summed E-state index contributed by atoms with van der Waals surface area (Å²) in [5, 5.41) is 0. The summed E-state index contributed by atoms with van der Waals surface area (Å²) >= 11 is 0. The van der Waals surface area contributed by atoms with Crippen LogP contribution in [0, 0.1) is 5.92 Å². The Balaban J connectivity index is 1.28. The number of imidazole rings is 1. The Kier molecular flexibility index (Phi) is 6.47. The SMILES string of the molecule is COc1ccccc1C(=O)N1CCC(Cn2c(COc3ccccc3)nc3ccccc32)CC1. The van der Waals surface area contributed by atoms with Crippen molar-refractivity contribution in [2.75, 3.05) is 20.2 Å². The van der Waals surface area contributed by atoms with Crippen LogP contribution < -0.4 is 9.47 Å². The first kappa shape index (κ1) is 22.0. The van der Waals surface area contributed by atoms with Crippen molar-refractivity contribution in [3.05, 3.63) is 90.3 Å². The predicted molar refractivity (Wildman–Crippen MR) is 132 cm³/mol. The number of hydrogen-bond acceptors (Lipinski definition) is 4. The van der Waals surface area contributed by atoms with Gasteiger partial charge < -0.3 is 18.9 Å². The van der Waals surface area contributed by atoms with Gasteiger partial charge in [0.05, 0.1) is 23.7 Å². The molecule has 34 heavy (non-hydrogen) atoms. The van der Waals surface area contributed by atoms with Crippen molar-refractivity contribution in [2.24, 2.45) is 5.92 Å². The molecule has 1 aliphatic rings. The van der Waals surface area contributed by atoms with Gasteiger partial charge in [-0.25, -0.2) is 4.98 Å². The van der Waals surface area contributed by atoms with Gasteiger partial charge in [0.2, 0.25) is 0 Å². The lowest BCUT2D eigenvalue weighted by molar-refractivity contribution is 0.0679. The largest absolute Gasteiger partial charge is 0.496 e. The first-order valence-corrected chi connectivity index (χ1v) is 11.8. The number of rotatable bonds is 7. The molecule has 1 fully saturated rings. The summed E-state index contributed by atoms with van der Waals surface area (Å²) in [5.74, 6) is 2.90. The highest BCUT2D eigenvalue weighted by molar-refractivity contribution is 5.97. The number of methoxy groups -OCH3 is 1. The second-order valence-corrected chi connectivity index (χ2v) is 8.66. The Morgan fingerprint density at radius 2 is 1.65 bits per heavy atom. The van der Waals surface area contributed by atoms with E-state index in [4.69, 9.17) is 14.5 Å². The fraction of sp³-hybridized carbons (Fsp3) is 0.286. The molecule has 3 aromatic carbocycles. The minimum absolute atomic E-state index is 0.0425. The number of carbonyl (C=O) groups is 1. The molecule has 1 amide bonds. The van der Waals surface area contributed by atoms with Crippen molar-refractivity contribution in [3.63, 3.8) is 0 Å². The van der Waals surface area contributed by atoms with Crippen LogP contribution >= 0.6 is 0 Å². The normalized spacial score (nSPS) is 14.3. The maximum Gasteiger partial charge on any atom is 0.257 e. The maximum atomic E-state index is 13.1. The second kappa shape index (κ2) is 10.00. The lowest BCUT2D eigenvalue weighted by Gasteiger charge is -2.32. The molecule has 2 heterocycles. The van der Waals surface area contributed by atoms with Crippen molar-refractivity contribution in [1.82, 2.24) is 14.5 Å². The number of fused-ring (bicyclic) bond motifs is 1. The standard InChI is InChI=1S/C28H29N3O3/c1-33-26-14-8-5-11-23(26)28(32)30-17-15-21(16-18-30)19-31-25-13-7-6-12-24(25)29-27(31)20-34-22-9-3-2-4-10-22/h2-14,21H,15-20H2,1H3. The van der Waals surface area contributed by atoms with Gasteiger partial charge in [0.1, 0.15) is 23.9 Å². The molecular formula is C28H29N3O3. The number of benzene rings is 3. The van der Waals surface area contributed by atoms with Crippen molar-refractivity contribution >= 4 is 16.9 Å². The number of aromatic nitrogens is 2. The van der Waals surface area contributed by atoms with Crippen LogP contribution in [0.4, 0.5) is 0 Å². The summed E-state index contributed by atoms with van der Waals surface area (Å²) in [5.41, 5.74) is 2.74. The Bertz CT molecular complexity index is 1260. The van der Waals surface area contributed by atoms with Crippen LogP contribution in [-0.4, -0.2) is 40.6 Å². The van der Waals surface area contributed by atoms with Crippen LogP contribution in [0.2, 0.25) is 0 Å². The number of amides is 1. The average Bonchev–Trinajstić information content (AvgIpc) is 3.25. The lowest BCUT2D eigenvalue weighted by atomic mass is 9.96. The molecule has 5 rings (SSSR count). The Morgan fingerprint density at radius 3 is 2.44 bits per heavy atom. The first-order valence-electron chi connectivity index (χ1n) is 11.8. The third kappa shape index (κ3) is 4.62. The van der Waals surface area contributed by atoms with Gasteiger partial charge in [-0.3, -0.25) is 4.79 Å². The van der Waals surface area contributed by atoms with Crippen LogP contribution in [0.3, 0.4) is 0 Å². The van der Waals surface area contributed by atoms with E-state index >= 15 is 0 Å². The highest BCUT2D eigenvalue weighted by Crippen LogP contribution is 2.27. The van der Waals surface area contributed by atoms with E-state index in [1.54, 1.807) is 7.11 Å². The minimum Gasteiger partial charge on any atom is -0.496 e. The molecule has 0 aliphatic carbocycles. The van der Waals surface area contributed by atoms with Crippen LogP contribution in [0.5, 0.6) is 11.5 Å². The summed E-state index contributed by atoms with van der Waals surface area (Å²) in [6.07, 6.45) is 1.90. The van der Waals surface area contributed by atoms with Crippen LogP contribution in [0.1, 0.15) is 29.0 Å². The van der Waals surface area contributed by atoms with Gasteiger partial charge in [-0.1, -0.05) is 42.5 Å². The minimum atomic E-state index is 0.0425. The summed E-state index contributed by atoms with van der Waals surface area (Å²) in [6.45, 7) is 2.77. The zero-order valence-corrected chi connectivity index (χ0v) is 19.4. The molecule has 0 spiro atoms. The van der Waals surface area contributed by atoms with E-state index in [1.165, 1.54) is 0 Å². The molecule has 1 aliphatic heterocycles. The fourth-order valence-electron chi connectivity index (χ4n) is 4.67. The molecule has 0 N–H and O–H groups in total. The molecule has 1 aromatic heterocycles. The van der Waals surface area contributed by atoms with Gasteiger partial charge in [0.25, 0.3) is 5.91 Å². The maximum absolute atomic E-state index is 13.1. The van der Waals surface area contributed by atoms with E-state index in [0.29, 0.717) is 23.8 Å². The monoisotopic (exact) mass is 455 g/mol. The highest BCUT2D eigenvalue weighted by Gasteiger charge is 2.26. The lowest BCUT2D eigenvalue weighted by Crippen LogP contribution is -2.39. The van der Waals surface area contributed by atoms with E-state index < -0.39 is 0 Å². The second-order valence-electron chi connectivity index (χ2n) is 8.66. The van der Waals surface area contributed by atoms with Crippen molar-refractivity contribution in [1.29, 1.82) is 0 Å². The number of para-hydroxylation sites is 4. The number of likely N-dealkylation sites (tertiary alicyclic amines) is 1. The van der Waals surface area contributed by atoms with Gasteiger partial charge in [0, 0.05) is 19.6 Å². The Hall–Kier alpha value is -3.80. The smallest absolute Gasteiger partial charge is 0.257 e. The van der Waals surface area contributed by atoms with E-state index in [1.807, 2.05) is 71.6 Å². The van der Waals surface area contributed by atoms with Gasteiger partial charge in [-0.15, -0.1) is 0 Å². The van der Waals surface area contributed by atoms with E-state index in [2.05, 4.69) is 16.7 Å². The summed E-state index contributed by atoms with van der Waals surface area (Å²) in [6, 6.07) is 25.5. The van der Waals surface area contributed by atoms with Crippen molar-refractivity contribution in [3.8, 4) is 11.5 Å². The molecule has 6 nitrogen and oxygen atoms in total. The average molecular weight is 456 g/mol. The topological polar surface area (TPSA) is 56.6 Å². The number of carbonyl (C=O) groups excluding carboxylic acids is 1. The van der Waals surface area contributed by atoms with E-state index in [-0.39, 0.29) is 5.91 Å². The van der Waals surface area contributed by atoms with Crippen molar-refractivity contribution < 1.29 is 14.3 Å². The fourth-order valence-corrected chi connectivity index (χ4v) is 4.67. The molecule has 0 unspecified atom stereocenters. The molecule has 0 radical (unpaired) electrons. The summed E-state index contributed by atoms with van der Waals surface area (Å²) in [4.78, 5) is 19.9. The molecular weight excluding hydrogens is 426 g/mol. The Labute approximate surface area is 199 Å². The van der Waals surface area contributed by atoms with Crippen LogP contribution in [0.15, 0.2) is 78.9 Å². The predicted octanol–water partition coefficient (Wildman–Crippen LogP) is 5.18. The Morgan fingerprint density at radius 1 is 0.941 bits per heavy atom. The third-order valence-electron chi connectivity index (χ3n) is 6.52. The number of hydrogen-bond donors (Lipinski definition) is 0. The molecule has 174 valence electrons. The number of piperidine rings is 1. The quantitative estimate of drug-likeness (QED) is 0.386. The molecule has 4 aromatic rings. The third-order valence-corrected chi connectivity index (χ3v) is 6.52. The van der Waals surface area contributed by atoms with Crippen molar-refractivity contribution in [2.45, 2.75) is 26.0 Å². The van der Waals surface area contributed by atoms with Gasteiger partial charge in [-0.05, 0) is 55.2 Å². The summed E-state index contributed by atoms with van der Waals surface area (Å²) in [7, 11) is 1.60. The molecule has 0 atom stereocenters. The van der Waals surface area contributed by atoms with Gasteiger partial charge in [-0.2, -0.15) is 0 Å². The zero-order chi connectivity index (χ0) is 23.3. The zero-order valence-electron chi connectivity index (χ0n) is 19.4. The van der Waals surface area contributed by atoms with Crippen LogP contribution in [0.25, 0.3) is 11.0 Å². The summed E-state index contributed by atoms with van der Waals surface area (Å²) < 4.78 is 13.7. The van der Waals surface area contributed by atoms with Gasteiger partial charge in [0.15, 0.2) is 0 Å². The van der Waals surface area contributed by atoms with E-state index in [0.717, 1.165) is 55.1 Å².